The maximum absolute atomic E-state index is 12.4. The summed E-state index contributed by atoms with van der Waals surface area (Å²) in [6.45, 7) is 5.33. The van der Waals surface area contributed by atoms with Gasteiger partial charge in [0.1, 0.15) is 12.7 Å². The maximum Gasteiger partial charge on any atom is 0.308 e. The van der Waals surface area contributed by atoms with E-state index in [2.05, 4.69) is 61.5 Å². The lowest BCUT2D eigenvalue weighted by Gasteiger charge is -2.25. The fourth-order valence-corrected chi connectivity index (χ4v) is 3.71. The Morgan fingerprint density at radius 2 is 1.56 bits per heavy atom. The highest BCUT2D eigenvalue weighted by atomic mass is 16.6. The normalized spacial score (nSPS) is 19.1. The van der Waals surface area contributed by atoms with Gasteiger partial charge >= 0.3 is 5.97 Å². The number of hydrogen-bond acceptors (Lipinski definition) is 3. The molecule has 2 aromatic rings. The quantitative estimate of drug-likeness (QED) is 0.422. The largest absolute Gasteiger partial charge is 0.463 e. The van der Waals surface area contributed by atoms with Gasteiger partial charge in [-0.05, 0) is 42.2 Å². The van der Waals surface area contributed by atoms with Crippen molar-refractivity contribution >= 4 is 5.97 Å². The highest BCUT2D eigenvalue weighted by molar-refractivity contribution is 5.72. The first-order valence-electron chi connectivity index (χ1n) is 10.1. The van der Waals surface area contributed by atoms with E-state index in [0.717, 1.165) is 19.3 Å². The molecule has 0 aromatic heterocycles. The van der Waals surface area contributed by atoms with Crippen LogP contribution in [0.4, 0.5) is 0 Å². The molecular formula is C24H30O3. The van der Waals surface area contributed by atoms with Crippen LogP contribution in [0.15, 0.2) is 60.7 Å². The Morgan fingerprint density at radius 3 is 2.07 bits per heavy atom. The summed E-state index contributed by atoms with van der Waals surface area (Å²) in [5, 5.41) is 0. The molecule has 2 aromatic carbocycles. The SMILES string of the molecule is CCC(CC(CC(C)C(=O)OCC1CO1)c1ccccc1)c1ccccc1. The van der Waals surface area contributed by atoms with Crippen LogP contribution < -0.4 is 0 Å². The van der Waals surface area contributed by atoms with Crippen molar-refractivity contribution in [2.24, 2.45) is 5.92 Å². The molecule has 0 spiro atoms. The third-order valence-electron chi connectivity index (χ3n) is 5.46. The molecular weight excluding hydrogens is 336 g/mol. The zero-order valence-electron chi connectivity index (χ0n) is 16.3. The molecule has 27 heavy (non-hydrogen) atoms. The lowest BCUT2D eigenvalue weighted by Crippen LogP contribution is -2.20. The zero-order chi connectivity index (χ0) is 19.1. The molecule has 4 unspecified atom stereocenters. The topological polar surface area (TPSA) is 38.8 Å². The van der Waals surface area contributed by atoms with Gasteiger partial charge in [0.25, 0.3) is 0 Å². The highest BCUT2D eigenvalue weighted by Crippen LogP contribution is 2.36. The van der Waals surface area contributed by atoms with Crippen LogP contribution in [-0.4, -0.2) is 25.3 Å². The van der Waals surface area contributed by atoms with E-state index >= 15 is 0 Å². The van der Waals surface area contributed by atoms with Crippen molar-refractivity contribution < 1.29 is 14.3 Å². The maximum atomic E-state index is 12.4. The van der Waals surface area contributed by atoms with Gasteiger partial charge in [-0.25, -0.2) is 0 Å². The van der Waals surface area contributed by atoms with Crippen molar-refractivity contribution in [1.82, 2.24) is 0 Å². The van der Waals surface area contributed by atoms with Crippen LogP contribution in [0.5, 0.6) is 0 Å². The van der Waals surface area contributed by atoms with Crippen LogP contribution in [0.2, 0.25) is 0 Å². The van der Waals surface area contributed by atoms with Gasteiger partial charge in [-0.15, -0.1) is 0 Å². The van der Waals surface area contributed by atoms with Gasteiger partial charge in [0.2, 0.25) is 0 Å². The summed E-state index contributed by atoms with van der Waals surface area (Å²) in [5.41, 5.74) is 2.68. The molecule has 1 aliphatic rings. The zero-order valence-corrected chi connectivity index (χ0v) is 16.3. The molecule has 4 atom stereocenters. The predicted octanol–water partition coefficient (Wildman–Crippen LogP) is 5.32. The first kappa shape index (κ1) is 19.6. The minimum Gasteiger partial charge on any atom is -0.463 e. The summed E-state index contributed by atoms with van der Waals surface area (Å²) in [5.74, 6) is 0.581. The third kappa shape index (κ3) is 5.93. The van der Waals surface area contributed by atoms with Crippen LogP contribution in [-0.2, 0) is 14.3 Å². The fraction of sp³-hybridized carbons (Fsp3) is 0.458. The lowest BCUT2D eigenvalue weighted by molar-refractivity contribution is -0.148. The highest BCUT2D eigenvalue weighted by Gasteiger charge is 2.28. The van der Waals surface area contributed by atoms with Crippen LogP contribution in [0.25, 0.3) is 0 Å². The van der Waals surface area contributed by atoms with E-state index in [1.807, 2.05) is 13.0 Å². The summed E-state index contributed by atoms with van der Waals surface area (Å²) >= 11 is 0. The Bertz CT molecular complexity index is 694. The molecule has 0 aliphatic carbocycles. The summed E-state index contributed by atoms with van der Waals surface area (Å²) in [7, 11) is 0. The summed E-state index contributed by atoms with van der Waals surface area (Å²) < 4.78 is 10.5. The Balaban J connectivity index is 1.69. The second-order valence-electron chi connectivity index (χ2n) is 7.58. The van der Waals surface area contributed by atoms with Crippen LogP contribution in [0.1, 0.15) is 56.1 Å². The molecule has 0 N–H and O–H groups in total. The second kappa shape index (κ2) is 9.70. The molecule has 144 valence electrons. The molecule has 0 bridgehead atoms. The number of esters is 1. The van der Waals surface area contributed by atoms with E-state index in [9.17, 15) is 4.79 Å². The Hall–Kier alpha value is -2.13. The van der Waals surface area contributed by atoms with Crippen molar-refractivity contribution in [2.75, 3.05) is 13.2 Å². The van der Waals surface area contributed by atoms with Gasteiger partial charge in [0.05, 0.1) is 12.5 Å². The molecule has 0 radical (unpaired) electrons. The van der Waals surface area contributed by atoms with E-state index in [4.69, 9.17) is 9.47 Å². The third-order valence-corrected chi connectivity index (χ3v) is 5.46. The van der Waals surface area contributed by atoms with Crippen LogP contribution in [0, 0.1) is 5.92 Å². The second-order valence-corrected chi connectivity index (χ2v) is 7.58. The van der Waals surface area contributed by atoms with E-state index in [1.54, 1.807) is 0 Å². The van der Waals surface area contributed by atoms with E-state index in [0.29, 0.717) is 25.0 Å². The fourth-order valence-electron chi connectivity index (χ4n) is 3.71. The molecule has 3 nitrogen and oxygen atoms in total. The minimum absolute atomic E-state index is 0.112. The Morgan fingerprint density at radius 1 is 1.00 bits per heavy atom. The summed E-state index contributed by atoms with van der Waals surface area (Å²) in [4.78, 5) is 12.4. The van der Waals surface area contributed by atoms with E-state index in [1.165, 1.54) is 11.1 Å². The van der Waals surface area contributed by atoms with Gasteiger partial charge in [-0.3, -0.25) is 4.79 Å². The van der Waals surface area contributed by atoms with Gasteiger partial charge in [0.15, 0.2) is 0 Å². The average Bonchev–Trinajstić information content (AvgIpc) is 3.55. The predicted molar refractivity (Wildman–Crippen MR) is 108 cm³/mol. The van der Waals surface area contributed by atoms with Gasteiger partial charge in [-0.2, -0.15) is 0 Å². The standard InChI is InChI=1S/C24H30O3/c1-3-19(20-10-6-4-7-11-20)15-22(21-12-8-5-9-13-21)14-18(2)24(25)27-17-23-16-26-23/h4-13,18-19,22-23H,3,14-17H2,1-2H3. The summed E-state index contributed by atoms with van der Waals surface area (Å²) in [6, 6.07) is 21.3. The Labute approximate surface area is 162 Å². The molecule has 3 rings (SSSR count). The first-order chi connectivity index (χ1) is 13.2. The van der Waals surface area contributed by atoms with Gasteiger partial charge in [0, 0.05) is 0 Å². The van der Waals surface area contributed by atoms with Gasteiger partial charge in [-0.1, -0.05) is 74.5 Å². The molecule has 0 amide bonds. The van der Waals surface area contributed by atoms with Crippen molar-refractivity contribution in [3.63, 3.8) is 0 Å². The smallest absolute Gasteiger partial charge is 0.308 e. The van der Waals surface area contributed by atoms with E-state index in [-0.39, 0.29) is 18.0 Å². The van der Waals surface area contributed by atoms with Crippen molar-refractivity contribution in [1.29, 1.82) is 0 Å². The first-order valence-corrected chi connectivity index (χ1v) is 10.1. The number of carbonyl (C=O) groups excluding carboxylic acids is 1. The molecule has 1 saturated heterocycles. The number of carbonyl (C=O) groups is 1. The molecule has 1 heterocycles. The van der Waals surface area contributed by atoms with Crippen LogP contribution >= 0.6 is 0 Å². The molecule has 1 aliphatic heterocycles. The number of rotatable bonds is 10. The number of epoxide rings is 1. The molecule has 0 saturated carbocycles. The molecule has 1 fully saturated rings. The van der Waals surface area contributed by atoms with Gasteiger partial charge < -0.3 is 9.47 Å². The lowest BCUT2D eigenvalue weighted by atomic mass is 9.79. The van der Waals surface area contributed by atoms with E-state index < -0.39 is 0 Å². The number of benzene rings is 2. The Kier molecular flexibility index (Phi) is 7.05. The monoisotopic (exact) mass is 366 g/mol. The molecule has 3 heteroatoms. The van der Waals surface area contributed by atoms with Crippen molar-refractivity contribution in [2.45, 2.75) is 51.0 Å². The van der Waals surface area contributed by atoms with Crippen LogP contribution in [0.3, 0.4) is 0 Å². The summed E-state index contributed by atoms with van der Waals surface area (Å²) in [6.07, 6.45) is 3.05. The number of ether oxygens (including phenoxy) is 2. The average molecular weight is 367 g/mol. The van der Waals surface area contributed by atoms with Crippen molar-refractivity contribution in [3.05, 3.63) is 71.8 Å². The number of hydrogen-bond donors (Lipinski definition) is 0. The minimum atomic E-state index is -0.123. The van der Waals surface area contributed by atoms with Crippen molar-refractivity contribution in [3.8, 4) is 0 Å².